The van der Waals surface area contributed by atoms with Gasteiger partial charge in [-0.1, -0.05) is 15.9 Å². The summed E-state index contributed by atoms with van der Waals surface area (Å²) in [5.41, 5.74) is 0. The molecule has 0 aromatic heterocycles. The van der Waals surface area contributed by atoms with Crippen LogP contribution in [-0.4, -0.2) is 20.3 Å². The van der Waals surface area contributed by atoms with Crippen LogP contribution in [0.25, 0.3) is 0 Å². The average molecular weight is 327 g/mol. The highest BCUT2D eigenvalue weighted by Gasteiger charge is 2.12. The highest BCUT2D eigenvalue weighted by atomic mass is 79.9. The first-order chi connectivity index (χ1) is 7.42. The predicted octanol–water partition coefficient (Wildman–Crippen LogP) is 2.74. The summed E-state index contributed by atoms with van der Waals surface area (Å²) in [6, 6.07) is 6.49. The lowest BCUT2D eigenvalue weighted by Crippen LogP contribution is -2.25. The molecule has 0 heterocycles. The van der Waals surface area contributed by atoms with Crippen molar-refractivity contribution in [2.45, 2.75) is 23.6 Å². The Morgan fingerprint density at radius 3 is 2.44 bits per heavy atom. The molecule has 0 radical (unpaired) electrons. The summed E-state index contributed by atoms with van der Waals surface area (Å²) in [5, 5.41) is -0.0346. The number of rotatable bonds is 5. The summed E-state index contributed by atoms with van der Waals surface area (Å²) in [6.07, 6.45) is 0.608. The van der Waals surface area contributed by atoms with Crippen LogP contribution in [0.2, 0.25) is 0 Å². The Morgan fingerprint density at radius 2 is 1.94 bits per heavy atom. The normalized spacial score (nSPS) is 13.7. The Balaban J connectivity index is 2.67. The van der Waals surface area contributed by atoms with E-state index in [2.05, 4.69) is 20.7 Å². The zero-order chi connectivity index (χ0) is 12.2. The molecule has 0 amide bonds. The highest BCUT2D eigenvalue weighted by molar-refractivity contribution is 9.10. The molecule has 1 rings (SSSR count). The van der Waals surface area contributed by atoms with Crippen molar-refractivity contribution in [2.24, 2.45) is 0 Å². The topological polar surface area (TPSA) is 46.2 Å². The molecule has 1 atom stereocenters. The molecule has 1 aromatic rings. The van der Waals surface area contributed by atoms with Crippen molar-refractivity contribution in [3.8, 4) is 0 Å². The monoisotopic (exact) mass is 325 g/mol. The van der Waals surface area contributed by atoms with Crippen LogP contribution in [0.5, 0.6) is 0 Å². The Morgan fingerprint density at radius 1 is 1.38 bits per heavy atom. The van der Waals surface area contributed by atoms with Crippen molar-refractivity contribution >= 4 is 37.6 Å². The fraction of sp³-hybridized carbons (Fsp3) is 0.400. The zero-order valence-electron chi connectivity index (χ0n) is 8.78. The molecule has 0 aliphatic carbocycles. The zero-order valence-corrected chi connectivity index (χ0v) is 11.9. The third kappa shape index (κ3) is 4.41. The van der Waals surface area contributed by atoms with Crippen LogP contribution >= 0.6 is 27.5 Å². The van der Waals surface area contributed by atoms with Crippen LogP contribution in [0.4, 0.5) is 0 Å². The van der Waals surface area contributed by atoms with Gasteiger partial charge in [-0.25, -0.2) is 13.1 Å². The molecule has 90 valence electrons. The molecule has 0 aliphatic heterocycles. The summed E-state index contributed by atoms with van der Waals surface area (Å²) in [6.45, 7) is 2.18. The first-order valence-electron chi connectivity index (χ1n) is 4.81. The van der Waals surface area contributed by atoms with Crippen molar-refractivity contribution in [1.29, 1.82) is 0 Å². The van der Waals surface area contributed by atoms with Gasteiger partial charge in [-0.15, -0.1) is 11.6 Å². The van der Waals surface area contributed by atoms with Gasteiger partial charge in [0, 0.05) is 16.4 Å². The Bertz CT molecular complexity index is 431. The van der Waals surface area contributed by atoms with Crippen LogP contribution in [0.15, 0.2) is 33.6 Å². The van der Waals surface area contributed by atoms with E-state index in [1.807, 2.05) is 6.92 Å². The van der Waals surface area contributed by atoms with E-state index in [0.717, 1.165) is 4.47 Å². The number of nitrogens with one attached hydrogen (secondary N) is 1. The summed E-state index contributed by atoms with van der Waals surface area (Å²) >= 11 is 8.98. The third-order valence-corrected chi connectivity index (χ3v) is 4.18. The molecule has 0 fully saturated rings. The third-order valence-electron chi connectivity index (χ3n) is 1.96. The molecule has 1 aromatic carbocycles. The largest absolute Gasteiger partial charge is 0.240 e. The second-order valence-electron chi connectivity index (χ2n) is 3.42. The lowest BCUT2D eigenvalue weighted by Gasteiger charge is -2.07. The molecular formula is C10H13BrClNO2S. The maximum atomic E-state index is 11.8. The molecule has 0 saturated heterocycles. The smallest absolute Gasteiger partial charge is 0.211 e. The van der Waals surface area contributed by atoms with Gasteiger partial charge in [0.2, 0.25) is 10.0 Å². The number of hydrogen-bond acceptors (Lipinski definition) is 2. The van der Waals surface area contributed by atoms with Crippen molar-refractivity contribution in [2.75, 3.05) is 6.54 Å². The minimum atomic E-state index is -3.40. The number of sulfonamides is 1. The van der Waals surface area contributed by atoms with Gasteiger partial charge in [-0.05, 0) is 37.6 Å². The molecular weight excluding hydrogens is 314 g/mol. The van der Waals surface area contributed by atoms with Crippen LogP contribution in [0.3, 0.4) is 0 Å². The molecule has 6 heteroatoms. The molecule has 0 bridgehead atoms. The average Bonchev–Trinajstić information content (AvgIpc) is 2.17. The minimum Gasteiger partial charge on any atom is -0.211 e. The maximum Gasteiger partial charge on any atom is 0.240 e. The van der Waals surface area contributed by atoms with E-state index in [0.29, 0.717) is 13.0 Å². The van der Waals surface area contributed by atoms with Gasteiger partial charge in [-0.3, -0.25) is 0 Å². The van der Waals surface area contributed by atoms with Crippen LogP contribution < -0.4 is 4.72 Å². The quantitative estimate of drug-likeness (QED) is 0.846. The highest BCUT2D eigenvalue weighted by Crippen LogP contribution is 2.14. The minimum absolute atomic E-state index is 0.0346. The summed E-state index contributed by atoms with van der Waals surface area (Å²) in [7, 11) is -3.40. The maximum absolute atomic E-state index is 11.8. The Hall–Kier alpha value is -0.100. The molecule has 3 nitrogen and oxygen atoms in total. The summed E-state index contributed by atoms with van der Waals surface area (Å²) in [4.78, 5) is 0.262. The Kier molecular flexibility index (Phi) is 5.24. The van der Waals surface area contributed by atoms with Gasteiger partial charge >= 0.3 is 0 Å². The molecule has 1 unspecified atom stereocenters. The standard InChI is InChI=1S/C10H13BrClNO2S/c1-8(12)6-7-13-16(14,15)10-4-2-9(11)3-5-10/h2-5,8,13H,6-7H2,1H3. The second-order valence-corrected chi connectivity index (χ2v) is 6.85. The fourth-order valence-electron chi connectivity index (χ4n) is 1.09. The van der Waals surface area contributed by atoms with Crippen LogP contribution in [0.1, 0.15) is 13.3 Å². The molecule has 16 heavy (non-hydrogen) atoms. The molecule has 1 N–H and O–H groups in total. The van der Waals surface area contributed by atoms with E-state index in [1.54, 1.807) is 24.3 Å². The molecule has 0 aliphatic rings. The van der Waals surface area contributed by atoms with E-state index >= 15 is 0 Å². The van der Waals surface area contributed by atoms with Gasteiger partial charge in [0.05, 0.1) is 4.90 Å². The van der Waals surface area contributed by atoms with E-state index in [-0.39, 0.29) is 10.3 Å². The number of benzene rings is 1. The van der Waals surface area contributed by atoms with E-state index in [9.17, 15) is 8.42 Å². The van der Waals surface area contributed by atoms with Crippen molar-refractivity contribution in [3.63, 3.8) is 0 Å². The van der Waals surface area contributed by atoms with E-state index in [4.69, 9.17) is 11.6 Å². The van der Waals surface area contributed by atoms with Crippen molar-refractivity contribution < 1.29 is 8.42 Å². The lowest BCUT2D eigenvalue weighted by atomic mass is 10.3. The summed E-state index contributed by atoms with van der Waals surface area (Å²) < 4.78 is 26.9. The van der Waals surface area contributed by atoms with Gasteiger partial charge in [0.15, 0.2) is 0 Å². The first kappa shape index (κ1) is 14.0. The van der Waals surface area contributed by atoms with Gasteiger partial charge in [-0.2, -0.15) is 0 Å². The molecule has 0 spiro atoms. The summed E-state index contributed by atoms with van der Waals surface area (Å²) in [5.74, 6) is 0. The van der Waals surface area contributed by atoms with Gasteiger partial charge in [0.1, 0.15) is 0 Å². The SMILES string of the molecule is CC(Cl)CCNS(=O)(=O)c1ccc(Br)cc1. The van der Waals surface area contributed by atoms with E-state index in [1.165, 1.54) is 0 Å². The number of halogens is 2. The van der Waals surface area contributed by atoms with Crippen LogP contribution in [-0.2, 0) is 10.0 Å². The number of hydrogen-bond donors (Lipinski definition) is 1. The van der Waals surface area contributed by atoms with Crippen LogP contribution in [0, 0.1) is 0 Å². The lowest BCUT2D eigenvalue weighted by molar-refractivity contribution is 0.578. The van der Waals surface area contributed by atoms with Crippen molar-refractivity contribution in [1.82, 2.24) is 4.72 Å². The van der Waals surface area contributed by atoms with Crippen molar-refractivity contribution in [3.05, 3.63) is 28.7 Å². The van der Waals surface area contributed by atoms with E-state index < -0.39 is 10.0 Å². The van der Waals surface area contributed by atoms with Gasteiger partial charge in [0.25, 0.3) is 0 Å². The predicted molar refractivity (Wildman–Crippen MR) is 69.3 cm³/mol. The second kappa shape index (κ2) is 6.00. The van der Waals surface area contributed by atoms with Gasteiger partial charge < -0.3 is 0 Å². The first-order valence-corrected chi connectivity index (χ1v) is 7.52. The molecule has 0 saturated carbocycles. The fourth-order valence-corrected chi connectivity index (χ4v) is 2.51. The number of alkyl halides is 1. The Labute approximate surface area is 109 Å².